The summed E-state index contributed by atoms with van der Waals surface area (Å²) < 4.78 is 0. The highest BCUT2D eigenvalue weighted by atomic mass is 16.1. The van der Waals surface area contributed by atoms with Crippen LogP contribution in [0.15, 0.2) is 10.1 Å². The highest BCUT2D eigenvalue weighted by Gasteiger charge is 2.14. The zero-order valence-electron chi connectivity index (χ0n) is 10.0. The predicted octanol–water partition coefficient (Wildman–Crippen LogP) is -1.88. The fraction of sp³-hybridized carbons (Fsp3) is 0.667. The lowest BCUT2D eigenvalue weighted by atomic mass is 10.1. The van der Waals surface area contributed by atoms with Crippen molar-refractivity contribution in [2.24, 2.45) is 33.0 Å². The van der Waals surface area contributed by atoms with Crippen molar-refractivity contribution in [3.63, 3.8) is 0 Å². The molecule has 0 saturated carbocycles. The van der Waals surface area contributed by atoms with Gasteiger partial charge in [0.1, 0.15) is 12.3 Å². The summed E-state index contributed by atoms with van der Waals surface area (Å²) in [7, 11) is 0. The van der Waals surface area contributed by atoms with E-state index in [0.717, 1.165) is 6.29 Å². The van der Waals surface area contributed by atoms with Gasteiger partial charge < -0.3 is 27.7 Å². The van der Waals surface area contributed by atoms with Gasteiger partial charge >= 0.3 is 0 Å². The molecular weight excluding hydrogens is 222 g/mol. The van der Waals surface area contributed by atoms with Gasteiger partial charge in [0, 0.05) is 13.1 Å². The third-order valence-electron chi connectivity index (χ3n) is 2.06. The van der Waals surface area contributed by atoms with Crippen LogP contribution in [0.4, 0.5) is 0 Å². The summed E-state index contributed by atoms with van der Waals surface area (Å²) in [6.07, 6.45) is 2.08. The Labute approximate surface area is 101 Å². The average Bonchev–Trinajstić information content (AvgIpc) is 2.26. The Morgan fingerprint density at radius 1 is 1.29 bits per heavy atom. The second kappa shape index (κ2) is 8.20. The highest BCUT2D eigenvalue weighted by molar-refractivity contribution is 5.76. The van der Waals surface area contributed by atoms with Crippen molar-refractivity contribution in [1.29, 1.82) is 0 Å². The van der Waals surface area contributed by atoms with E-state index in [1.807, 2.05) is 6.92 Å². The molecule has 8 heteroatoms. The molecule has 8 nitrogen and oxygen atoms in total. The molecule has 0 heterocycles. The van der Waals surface area contributed by atoms with E-state index in [1.54, 1.807) is 0 Å². The molecule has 0 rings (SSSR count). The normalized spacial score (nSPS) is 11.4. The average molecular weight is 243 g/mol. The Hall–Kier alpha value is -1.99. The first kappa shape index (κ1) is 15.0. The van der Waals surface area contributed by atoms with Crippen molar-refractivity contribution in [2.45, 2.75) is 25.8 Å². The molecule has 0 aliphatic heterocycles. The molecule has 0 amide bonds. The van der Waals surface area contributed by atoms with Crippen LogP contribution >= 0.6 is 0 Å². The number of carbonyl (C=O) groups excluding carboxylic acids is 1. The number of nitrogens with two attached hydrogens (primary N) is 4. The first-order valence-electron chi connectivity index (χ1n) is 5.38. The number of guanidine groups is 2. The fourth-order valence-corrected chi connectivity index (χ4v) is 1.32. The molecule has 0 aromatic carbocycles. The van der Waals surface area contributed by atoms with Gasteiger partial charge in [0.05, 0.1) is 0 Å². The summed E-state index contributed by atoms with van der Waals surface area (Å²) >= 11 is 0. The minimum atomic E-state index is -0.365. The standard InChI is InChI=1S/C9H21N7O/c1-2-16(15-9(12)13)7(6-17)4-3-5-14-8(10)11/h6-7H,2-5H2,1H3,(H4,10,11,14)(H4,12,13,15). The molecule has 17 heavy (non-hydrogen) atoms. The molecule has 0 saturated heterocycles. The fourth-order valence-electron chi connectivity index (χ4n) is 1.32. The number of likely N-dealkylation sites (N-methyl/N-ethyl adjacent to an activating group) is 1. The smallest absolute Gasteiger partial charge is 0.208 e. The third kappa shape index (κ3) is 6.98. The van der Waals surface area contributed by atoms with Crippen molar-refractivity contribution in [2.75, 3.05) is 13.1 Å². The van der Waals surface area contributed by atoms with E-state index in [-0.39, 0.29) is 18.0 Å². The van der Waals surface area contributed by atoms with Gasteiger partial charge in [-0.3, -0.25) is 10.0 Å². The van der Waals surface area contributed by atoms with E-state index in [0.29, 0.717) is 25.9 Å². The van der Waals surface area contributed by atoms with Crippen molar-refractivity contribution in [1.82, 2.24) is 5.01 Å². The summed E-state index contributed by atoms with van der Waals surface area (Å²) in [6, 6.07) is -0.365. The highest BCUT2D eigenvalue weighted by Crippen LogP contribution is 2.05. The summed E-state index contributed by atoms with van der Waals surface area (Å²) in [6.45, 7) is 2.88. The predicted molar refractivity (Wildman–Crippen MR) is 68.0 cm³/mol. The lowest BCUT2D eigenvalue weighted by molar-refractivity contribution is -0.112. The van der Waals surface area contributed by atoms with Crippen LogP contribution in [0, 0.1) is 0 Å². The maximum absolute atomic E-state index is 10.9. The summed E-state index contributed by atoms with van der Waals surface area (Å²) in [5, 5.41) is 5.41. The van der Waals surface area contributed by atoms with Crippen molar-refractivity contribution in [3.05, 3.63) is 0 Å². The molecule has 1 unspecified atom stereocenters. The van der Waals surface area contributed by atoms with Crippen molar-refractivity contribution in [3.8, 4) is 0 Å². The summed E-state index contributed by atoms with van der Waals surface area (Å²) in [5.74, 6) is -0.0212. The molecule has 0 aromatic heterocycles. The third-order valence-corrected chi connectivity index (χ3v) is 2.06. The largest absolute Gasteiger partial charge is 0.370 e. The van der Waals surface area contributed by atoms with Crippen molar-refractivity contribution >= 4 is 18.2 Å². The van der Waals surface area contributed by atoms with Gasteiger partial charge in [0.2, 0.25) is 5.96 Å². The van der Waals surface area contributed by atoms with E-state index in [2.05, 4.69) is 10.1 Å². The van der Waals surface area contributed by atoms with Gasteiger partial charge in [-0.1, -0.05) is 0 Å². The molecule has 0 aromatic rings. The number of hydrogen-bond donors (Lipinski definition) is 4. The van der Waals surface area contributed by atoms with Gasteiger partial charge in [-0.25, -0.2) is 0 Å². The first-order valence-corrected chi connectivity index (χ1v) is 5.38. The lowest BCUT2D eigenvalue weighted by Gasteiger charge is -2.23. The zero-order chi connectivity index (χ0) is 13.3. The summed E-state index contributed by atoms with van der Waals surface area (Å²) in [4.78, 5) is 14.8. The Kier molecular flexibility index (Phi) is 7.24. The van der Waals surface area contributed by atoms with Gasteiger partial charge in [-0.05, 0) is 19.8 Å². The molecule has 0 radical (unpaired) electrons. The maximum atomic E-state index is 10.9. The van der Waals surface area contributed by atoms with Gasteiger partial charge in [0.15, 0.2) is 5.96 Å². The van der Waals surface area contributed by atoms with Gasteiger partial charge in [-0.2, -0.15) is 0 Å². The minimum Gasteiger partial charge on any atom is -0.370 e. The van der Waals surface area contributed by atoms with Gasteiger partial charge in [-0.15, -0.1) is 5.10 Å². The molecule has 1 atom stereocenters. The quantitative estimate of drug-likeness (QED) is 0.129. The Bertz CT molecular complexity index is 281. The first-order chi connectivity index (χ1) is 8.01. The molecule has 8 N–H and O–H groups in total. The van der Waals surface area contributed by atoms with Crippen LogP contribution in [0.3, 0.4) is 0 Å². The van der Waals surface area contributed by atoms with E-state index in [1.165, 1.54) is 5.01 Å². The van der Waals surface area contributed by atoms with Crippen LogP contribution in [-0.2, 0) is 4.79 Å². The number of hydrogen-bond acceptors (Lipinski definition) is 4. The number of nitrogens with zero attached hydrogens (tertiary/aromatic N) is 3. The summed E-state index contributed by atoms with van der Waals surface area (Å²) in [5.41, 5.74) is 20.9. The number of aldehydes is 1. The number of aliphatic imine (C=N–C) groups is 1. The number of carbonyl (C=O) groups is 1. The van der Waals surface area contributed by atoms with E-state index >= 15 is 0 Å². The molecule has 0 fully saturated rings. The molecule has 0 bridgehead atoms. The Morgan fingerprint density at radius 2 is 1.94 bits per heavy atom. The topological polar surface area (TPSA) is 149 Å². The second-order valence-corrected chi connectivity index (χ2v) is 3.43. The lowest BCUT2D eigenvalue weighted by Crippen LogP contribution is -2.36. The number of rotatable bonds is 8. The Balaban J connectivity index is 4.25. The Morgan fingerprint density at radius 3 is 2.35 bits per heavy atom. The second-order valence-electron chi connectivity index (χ2n) is 3.43. The van der Waals surface area contributed by atoms with E-state index in [9.17, 15) is 4.79 Å². The molecular formula is C9H21N7O. The van der Waals surface area contributed by atoms with Crippen LogP contribution in [0.5, 0.6) is 0 Å². The SMILES string of the molecule is CCN(N=C(N)N)C(C=O)CCCN=C(N)N. The molecule has 98 valence electrons. The van der Waals surface area contributed by atoms with Crippen molar-refractivity contribution < 1.29 is 4.79 Å². The zero-order valence-corrected chi connectivity index (χ0v) is 10.0. The van der Waals surface area contributed by atoms with Crippen LogP contribution in [0.1, 0.15) is 19.8 Å². The van der Waals surface area contributed by atoms with Crippen LogP contribution in [0.25, 0.3) is 0 Å². The molecule has 0 aliphatic carbocycles. The van der Waals surface area contributed by atoms with Crippen LogP contribution < -0.4 is 22.9 Å². The van der Waals surface area contributed by atoms with E-state index < -0.39 is 0 Å². The molecule has 0 spiro atoms. The minimum absolute atomic E-state index is 0.0456. The van der Waals surface area contributed by atoms with Crippen LogP contribution in [0.2, 0.25) is 0 Å². The number of hydrazone groups is 1. The van der Waals surface area contributed by atoms with Gasteiger partial charge in [0.25, 0.3) is 0 Å². The molecule has 0 aliphatic rings. The van der Waals surface area contributed by atoms with E-state index in [4.69, 9.17) is 22.9 Å². The van der Waals surface area contributed by atoms with Crippen LogP contribution in [-0.4, -0.2) is 42.3 Å². The maximum Gasteiger partial charge on any atom is 0.208 e. The monoisotopic (exact) mass is 243 g/mol.